The van der Waals surface area contributed by atoms with E-state index in [0.717, 1.165) is 0 Å². The van der Waals surface area contributed by atoms with Crippen LogP contribution in [0.3, 0.4) is 0 Å². The topological polar surface area (TPSA) is 86.7 Å². The zero-order chi connectivity index (χ0) is 15.9. The van der Waals surface area contributed by atoms with E-state index in [1.165, 1.54) is 41.9 Å². The summed E-state index contributed by atoms with van der Waals surface area (Å²) in [4.78, 5) is 48.0. The maximum absolute atomic E-state index is 12.0. The van der Waals surface area contributed by atoms with Crippen LogP contribution in [0.15, 0.2) is 0 Å². The number of rotatable bonds is 4. The van der Waals surface area contributed by atoms with Crippen molar-refractivity contribution in [1.29, 1.82) is 0 Å². The molecule has 0 saturated heterocycles. The molecular weight excluding hydrogens is 264 g/mol. The van der Waals surface area contributed by atoms with Crippen LogP contribution in [0.1, 0.15) is 27.7 Å². The number of hydrogen-bond acceptors (Lipinski definition) is 6. The van der Waals surface area contributed by atoms with Gasteiger partial charge in [0.1, 0.15) is 11.6 Å². The first-order valence-corrected chi connectivity index (χ1v) is 6.27. The summed E-state index contributed by atoms with van der Waals surface area (Å²) < 4.78 is 9.42. The lowest BCUT2D eigenvalue weighted by molar-refractivity contribution is -0.216. The van der Waals surface area contributed by atoms with Crippen molar-refractivity contribution in [2.75, 3.05) is 14.2 Å². The van der Waals surface area contributed by atoms with E-state index in [0.29, 0.717) is 0 Å². The van der Waals surface area contributed by atoms with Crippen LogP contribution in [-0.2, 0) is 28.7 Å². The molecule has 0 heterocycles. The Bertz CT molecular complexity index is 426. The summed E-state index contributed by atoms with van der Waals surface area (Å²) in [6.45, 7) is 5.60. The first kappa shape index (κ1) is 16.3. The molecule has 0 aromatic rings. The minimum absolute atomic E-state index is 0.345. The number of Topliss-reactive ketones (excluding diaryl/α,β-unsaturated/α-hetero) is 2. The summed E-state index contributed by atoms with van der Waals surface area (Å²) in [6, 6.07) is 0. The van der Waals surface area contributed by atoms with E-state index in [9.17, 15) is 19.2 Å². The number of methoxy groups -OCH3 is 2. The molecular formula is C14H20O6. The smallest absolute Gasteiger partial charge is 0.310 e. The number of carbonyl (C=O) groups excluding carboxylic acids is 4. The fraction of sp³-hybridized carbons (Fsp3) is 0.714. The maximum atomic E-state index is 12.0. The van der Waals surface area contributed by atoms with Crippen molar-refractivity contribution >= 4 is 23.5 Å². The average molecular weight is 284 g/mol. The van der Waals surface area contributed by atoms with Gasteiger partial charge in [0.25, 0.3) is 0 Å². The second-order valence-electron chi connectivity index (χ2n) is 5.59. The molecule has 0 atom stereocenters. The van der Waals surface area contributed by atoms with E-state index in [4.69, 9.17) is 9.47 Å². The molecule has 0 unspecified atom stereocenters. The van der Waals surface area contributed by atoms with Crippen molar-refractivity contribution < 1.29 is 28.7 Å². The fourth-order valence-corrected chi connectivity index (χ4v) is 3.51. The van der Waals surface area contributed by atoms with Crippen LogP contribution in [0.2, 0.25) is 0 Å². The Morgan fingerprint density at radius 3 is 1.15 bits per heavy atom. The standard InChI is InChI=1S/C14H20O6/c1-7(15)13(3)9(11(17)19-5)14(4,8(2)16)10(13)12(18)20-6/h9-10H,1-6H3. The molecule has 1 aliphatic carbocycles. The molecule has 1 rings (SSSR count). The van der Waals surface area contributed by atoms with Crippen LogP contribution < -0.4 is 0 Å². The van der Waals surface area contributed by atoms with Crippen molar-refractivity contribution in [1.82, 2.24) is 0 Å². The number of carbonyl (C=O) groups is 4. The van der Waals surface area contributed by atoms with Crippen molar-refractivity contribution in [3.05, 3.63) is 0 Å². The van der Waals surface area contributed by atoms with Crippen LogP contribution in [0.4, 0.5) is 0 Å². The first-order chi connectivity index (χ1) is 9.09. The number of hydrogen-bond donors (Lipinski definition) is 0. The van der Waals surface area contributed by atoms with Gasteiger partial charge in [0.05, 0.1) is 36.9 Å². The third-order valence-electron chi connectivity index (χ3n) is 4.79. The molecule has 1 aliphatic rings. The third-order valence-corrected chi connectivity index (χ3v) is 4.79. The summed E-state index contributed by atoms with van der Waals surface area (Å²) in [7, 11) is 2.38. The average Bonchev–Trinajstić information content (AvgIpc) is 2.37. The van der Waals surface area contributed by atoms with Crippen LogP contribution in [0.5, 0.6) is 0 Å². The Morgan fingerprint density at radius 2 is 1.00 bits per heavy atom. The van der Waals surface area contributed by atoms with Crippen LogP contribution in [0, 0.1) is 22.7 Å². The van der Waals surface area contributed by atoms with E-state index in [2.05, 4.69) is 0 Å². The highest BCUT2D eigenvalue weighted by atomic mass is 16.5. The molecule has 6 heteroatoms. The zero-order valence-corrected chi connectivity index (χ0v) is 12.6. The Hall–Kier alpha value is -1.72. The molecule has 0 N–H and O–H groups in total. The monoisotopic (exact) mass is 284 g/mol. The van der Waals surface area contributed by atoms with Gasteiger partial charge in [-0.15, -0.1) is 0 Å². The lowest BCUT2D eigenvalue weighted by atomic mass is 9.37. The number of ketones is 2. The minimum atomic E-state index is -1.29. The van der Waals surface area contributed by atoms with Gasteiger partial charge in [-0.25, -0.2) is 0 Å². The molecule has 20 heavy (non-hydrogen) atoms. The van der Waals surface area contributed by atoms with E-state index in [-0.39, 0.29) is 11.6 Å². The highest BCUT2D eigenvalue weighted by molar-refractivity contribution is 6.04. The maximum Gasteiger partial charge on any atom is 0.310 e. The van der Waals surface area contributed by atoms with E-state index >= 15 is 0 Å². The third kappa shape index (κ3) is 1.77. The summed E-state index contributed by atoms with van der Waals surface area (Å²) >= 11 is 0. The number of ether oxygens (including phenoxy) is 2. The zero-order valence-electron chi connectivity index (χ0n) is 12.6. The Kier molecular flexibility index (Phi) is 4.08. The predicted octanol–water partition coefficient (Wildman–Crippen LogP) is 0.769. The Morgan fingerprint density at radius 1 is 0.750 bits per heavy atom. The summed E-state index contributed by atoms with van der Waals surface area (Å²) in [5, 5.41) is 0. The fourth-order valence-electron chi connectivity index (χ4n) is 3.51. The van der Waals surface area contributed by atoms with Crippen molar-refractivity contribution in [3.63, 3.8) is 0 Å². The first-order valence-electron chi connectivity index (χ1n) is 6.27. The SMILES string of the molecule is COC(=O)C1C(C)(C(C)=O)C(C(=O)OC)C1(C)C(C)=O. The van der Waals surface area contributed by atoms with E-state index in [1.54, 1.807) is 0 Å². The lowest BCUT2D eigenvalue weighted by Crippen LogP contribution is -2.72. The molecule has 6 nitrogen and oxygen atoms in total. The molecule has 0 aromatic heterocycles. The second-order valence-corrected chi connectivity index (χ2v) is 5.59. The molecule has 0 aromatic carbocycles. The van der Waals surface area contributed by atoms with Crippen molar-refractivity contribution in [2.24, 2.45) is 22.7 Å². The molecule has 0 radical (unpaired) electrons. The second kappa shape index (κ2) is 5.00. The highest BCUT2D eigenvalue weighted by Crippen LogP contribution is 2.65. The van der Waals surface area contributed by atoms with Crippen LogP contribution >= 0.6 is 0 Å². The van der Waals surface area contributed by atoms with Crippen LogP contribution in [-0.4, -0.2) is 37.7 Å². The number of esters is 2. The lowest BCUT2D eigenvalue weighted by Gasteiger charge is -2.60. The van der Waals surface area contributed by atoms with Gasteiger partial charge < -0.3 is 9.47 Å². The summed E-state index contributed by atoms with van der Waals surface area (Å²) in [6.07, 6.45) is 0. The minimum Gasteiger partial charge on any atom is -0.469 e. The molecule has 1 saturated carbocycles. The quantitative estimate of drug-likeness (QED) is 0.709. The molecule has 1 fully saturated rings. The van der Waals surface area contributed by atoms with Crippen LogP contribution in [0.25, 0.3) is 0 Å². The van der Waals surface area contributed by atoms with Gasteiger partial charge in [0.2, 0.25) is 0 Å². The normalized spacial score (nSPS) is 35.7. The van der Waals surface area contributed by atoms with E-state index in [1.807, 2.05) is 0 Å². The van der Waals surface area contributed by atoms with Gasteiger partial charge in [-0.2, -0.15) is 0 Å². The summed E-state index contributed by atoms with van der Waals surface area (Å²) in [5.74, 6) is -4.00. The van der Waals surface area contributed by atoms with Gasteiger partial charge in [-0.05, 0) is 13.8 Å². The molecule has 0 bridgehead atoms. The summed E-state index contributed by atoms with van der Waals surface area (Å²) in [5.41, 5.74) is -2.58. The van der Waals surface area contributed by atoms with Gasteiger partial charge in [0.15, 0.2) is 0 Å². The molecule has 0 spiro atoms. The Balaban J connectivity index is 3.48. The largest absolute Gasteiger partial charge is 0.469 e. The molecule has 0 amide bonds. The van der Waals surface area contributed by atoms with Gasteiger partial charge in [-0.3, -0.25) is 19.2 Å². The van der Waals surface area contributed by atoms with Crippen molar-refractivity contribution in [2.45, 2.75) is 27.7 Å². The predicted molar refractivity (Wildman–Crippen MR) is 68.6 cm³/mol. The van der Waals surface area contributed by atoms with E-state index < -0.39 is 34.6 Å². The van der Waals surface area contributed by atoms with Gasteiger partial charge in [-0.1, -0.05) is 13.8 Å². The molecule has 0 aliphatic heterocycles. The molecule has 112 valence electrons. The Labute approximate surface area is 117 Å². The van der Waals surface area contributed by atoms with Gasteiger partial charge >= 0.3 is 11.9 Å². The van der Waals surface area contributed by atoms with Gasteiger partial charge in [0, 0.05) is 0 Å². The van der Waals surface area contributed by atoms with Crippen molar-refractivity contribution in [3.8, 4) is 0 Å². The highest BCUT2D eigenvalue weighted by Gasteiger charge is 2.76.